The van der Waals surface area contributed by atoms with E-state index in [1.807, 2.05) is 43.3 Å². The van der Waals surface area contributed by atoms with Gasteiger partial charge in [-0.3, -0.25) is 14.7 Å². The molecule has 4 rings (SSSR count). The van der Waals surface area contributed by atoms with E-state index in [-0.39, 0.29) is 36.5 Å². The summed E-state index contributed by atoms with van der Waals surface area (Å²) >= 11 is 0. The number of Topliss-reactive ketones (excluding diaryl/α,β-unsaturated/α-hetero) is 1. The summed E-state index contributed by atoms with van der Waals surface area (Å²) in [5.41, 5.74) is 2.47. The maximum atomic E-state index is 12.9. The molecule has 2 aliphatic rings. The molecular weight excluding hydrogens is 356 g/mol. The molecule has 0 N–H and O–H groups in total. The Bertz CT molecular complexity index is 823. The van der Waals surface area contributed by atoms with Gasteiger partial charge in [-0.05, 0) is 37.0 Å². The molecule has 3 heterocycles. The number of benzene rings is 1. The third-order valence-electron chi connectivity index (χ3n) is 5.47. The van der Waals surface area contributed by atoms with Crippen LogP contribution in [0.15, 0.2) is 48.7 Å². The number of aryl methyl sites for hydroxylation is 1. The van der Waals surface area contributed by atoms with Crippen LogP contribution in [-0.2, 0) is 16.1 Å². The monoisotopic (exact) mass is 380 g/mol. The number of nitrogens with zero attached hydrogens (tertiary/aromatic N) is 2. The summed E-state index contributed by atoms with van der Waals surface area (Å²) in [6, 6.07) is 13.0. The summed E-state index contributed by atoms with van der Waals surface area (Å²) in [6.45, 7) is 3.05. The normalized spacial score (nSPS) is 23.9. The second-order valence-electron chi connectivity index (χ2n) is 7.55. The fourth-order valence-electron chi connectivity index (χ4n) is 4.04. The summed E-state index contributed by atoms with van der Waals surface area (Å²) in [4.78, 5) is 31.7. The van der Waals surface area contributed by atoms with Gasteiger partial charge in [-0.2, -0.15) is 0 Å². The molecular formula is C22H24N2O4. The maximum Gasteiger partial charge on any atom is 0.410 e. The van der Waals surface area contributed by atoms with Crippen LogP contribution in [0.5, 0.6) is 0 Å². The van der Waals surface area contributed by atoms with Crippen molar-refractivity contribution in [3.05, 3.63) is 65.5 Å². The van der Waals surface area contributed by atoms with E-state index >= 15 is 0 Å². The molecule has 1 aromatic carbocycles. The van der Waals surface area contributed by atoms with Crippen molar-refractivity contribution in [3.63, 3.8) is 0 Å². The number of carbonyl (C=O) groups excluding carboxylic acids is 2. The minimum Gasteiger partial charge on any atom is -0.445 e. The zero-order chi connectivity index (χ0) is 19.5. The number of aromatic nitrogens is 1. The van der Waals surface area contributed by atoms with Crippen LogP contribution in [0.4, 0.5) is 4.79 Å². The summed E-state index contributed by atoms with van der Waals surface area (Å²) in [6.07, 6.45) is 2.53. The average molecular weight is 380 g/mol. The van der Waals surface area contributed by atoms with Gasteiger partial charge in [0.1, 0.15) is 12.3 Å². The molecule has 0 radical (unpaired) electrons. The second-order valence-corrected chi connectivity index (χ2v) is 7.55. The van der Waals surface area contributed by atoms with E-state index in [1.54, 1.807) is 17.2 Å². The molecule has 28 heavy (non-hydrogen) atoms. The number of pyridine rings is 1. The third kappa shape index (κ3) is 3.92. The Kier molecular flexibility index (Phi) is 5.39. The van der Waals surface area contributed by atoms with Crippen LogP contribution >= 0.6 is 0 Å². The number of rotatable bonds is 4. The predicted octanol–water partition coefficient (Wildman–Crippen LogP) is 3.39. The largest absolute Gasteiger partial charge is 0.445 e. The van der Waals surface area contributed by atoms with Gasteiger partial charge >= 0.3 is 6.09 Å². The van der Waals surface area contributed by atoms with Gasteiger partial charge in [-0.1, -0.05) is 36.4 Å². The number of hydrogen-bond acceptors (Lipinski definition) is 5. The van der Waals surface area contributed by atoms with Crippen molar-refractivity contribution < 1.29 is 19.1 Å². The van der Waals surface area contributed by atoms with Gasteiger partial charge in [0.15, 0.2) is 5.78 Å². The molecule has 2 bridgehead atoms. The van der Waals surface area contributed by atoms with Crippen molar-refractivity contribution in [1.29, 1.82) is 0 Å². The predicted molar refractivity (Wildman–Crippen MR) is 103 cm³/mol. The standard InChI is InChI=1S/C22H24N2O4/c1-15-7-8-20(23-11-15)21(25)17-9-18-13-27-14-19(10-17)24(18)22(26)28-12-16-5-3-2-4-6-16/h2-8,11,17-19H,9-10,12-14H2,1H3. The van der Waals surface area contributed by atoms with Crippen molar-refractivity contribution in [2.75, 3.05) is 13.2 Å². The number of amides is 1. The van der Waals surface area contributed by atoms with Crippen LogP contribution in [0.1, 0.15) is 34.5 Å². The Morgan fingerprint density at radius 1 is 1.11 bits per heavy atom. The number of morpholine rings is 1. The van der Waals surface area contributed by atoms with Gasteiger partial charge in [0, 0.05) is 12.1 Å². The number of fused-ring (bicyclic) bond motifs is 2. The van der Waals surface area contributed by atoms with Gasteiger partial charge in [-0.25, -0.2) is 4.79 Å². The van der Waals surface area contributed by atoms with Crippen LogP contribution in [0, 0.1) is 12.8 Å². The summed E-state index contributed by atoms with van der Waals surface area (Å²) < 4.78 is 11.2. The molecule has 0 aliphatic carbocycles. The van der Waals surface area contributed by atoms with Gasteiger partial charge in [-0.15, -0.1) is 0 Å². The lowest BCUT2D eigenvalue weighted by molar-refractivity contribution is -0.0755. The third-order valence-corrected chi connectivity index (χ3v) is 5.47. The smallest absolute Gasteiger partial charge is 0.410 e. The van der Waals surface area contributed by atoms with Gasteiger partial charge < -0.3 is 9.47 Å². The molecule has 1 amide bonds. The molecule has 1 aromatic heterocycles. The minimum atomic E-state index is -0.332. The molecule has 0 saturated carbocycles. The van der Waals surface area contributed by atoms with Gasteiger partial charge in [0.2, 0.25) is 0 Å². The van der Waals surface area contributed by atoms with Crippen LogP contribution in [0.25, 0.3) is 0 Å². The van der Waals surface area contributed by atoms with E-state index in [2.05, 4.69) is 4.98 Å². The van der Waals surface area contributed by atoms with Crippen molar-refractivity contribution in [2.24, 2.45) is 5.92 Å². The first-order valence-electron chi connectivity index (χ1n) is 9.65. The topological polar surface area (TPSA) is 68.7 Å². The average Bonchev–Trinajstić information content (AvgIpc) is 2.72. The van der Waals surface area contributed by atoms with Crippen LogP contribution in [0.3, 0.4) is 0 Å². The van der Waals surface area contributed by atoms with Crippen molar-refractivity contribution in [2.45, 2.75) is 38.5 Å². The molecule has 0 spiro atoms. The summed E-state index contributed by atoms with van der Waals surface area (Å²) in [5, 5.41) is 0. The first-order chi connectivity index (χ1) is 13.6. The lowest BCUT2D eigenvalue weighted by Crippen LogP contribution is -2.60. The van der Waals surface area contributed by atoms with Gasteiger partial charge in [0.05, 0.1) is 25.3 Å². The Morgan fingerprint density at radius 3 is 2.46 bits per heavy atom. The van der Waals surface area contributed by atoms with E-state index in [9.17, 15) is 9.59 Å². The zero-order valence-corrected chi connectivity index (χ0v) is 15.9. The van der Waals surface area contributed by atoms with Crippen molar-refractivity contribution in [1.82, 2.24) is 9.88 Å². The quantitative estimate of drug-likeness (QED) is 0.761. The minimum absolute atomic E-state index is 0.0502. The highest BCUT2D eigenvalue weighted by Gasteiger charge is 2.44. The Balaban J connectivity index is 1.42. The Labute approximate surface area is 164 Å². The zero-order valence-electron chi connectivity index (χ0n) is 15.9. The molecule has 6 heteroatoms. The number of piperidine rings is 1. The lowest BCUT2D eigenvalue weighted by Gasteiger charge is -2.47. The lowest BCUT2D eigenvalue weighted by atomic mass is 9.81. The van der Waals surface area contributed by atoms with Crippen LogP contribution in [-0.4, -0.2) is 47.1 Å². The first kappa shape index (κ1) is 18.6. The fourth-order valence-corrected chi connectivity index (χ4v) is 4.04. The SMILES string of the molecule is Cc1ccc(C(=O)C2CC3COCC(C2)N3C(=O)OCc2ccccc2)nc1. The van der Waals surface area contributed by atoms with Crippen molar-refractivity contribution >= 4 is 11.9 Å². The highest BCUT2D eigenvalue weighted by atomic mass is 16.6. The summed E-state index contributed by atoms with van der Waals surface area (Å²) in [7, 11) is 0. The molecule has 2 saturated heterocycles. The van der Waals surface area contributed by atoms with E-state index in [0.717, 1.165) is 11.1 Å². The van der Waals surface area contributed by atoms with E-state index < -0.39 is 0 Å². The summed E-state index contributed by atoms with van der Waals surface area (Å²) in [5.74, 6) is -0.0958. The van der Waals surface area contributed by atoms with E-state index in [0.29, 0.717) is 31.7 Å². The molecule has 2 atom stereocenters. The van der Waals surface area contributed by atoms with Crippen LogP contribution < -0.4 is 0 Å². The highest BCUT2D eigenvalue weighted by Crippen LogP contribution is 2.34. The number of carbonyl (C=O) groups is 2. The van der Waals surface area contributed by atoms with Gasteiger partial charge in [0.25, 0.3) is 0 Å². The fraction of sp³-hybridized carbons (Fsp3) is 0.409. The molecule has 2 aliphatic heterocycles. The van der Waals surface area contributed by atoms with E-state index in [1.165, 1.54) is 0 Å². The second kappa shape index (κ2) is 8.10. The maximum absolute atomic E-state index is 12.9. The molecule has 146 valence electrons. The molecule has 2 fully saturated rings. The first-order valence-corrected chi connectivity index (χ1v) is 9.65. The number of ether oxygens (including phenoxy) is 2. The molecule has 2 unspecified atom stereocenters. The Morgan fingerprint density at radius 2 is 1.82 bits per heavy atom. The number of ketones is 1. The van der Waals surface area contributed by atoms with Crippen LogP contribution in [0.2, 0.25) is 0 Å². The van der Waals surface area contributed by atoms with Crippen molar-refractivity contribution in [3.8, 4) is 0 Å². The van der Waals surface area contributed by atoms with E-state index in [4.69, 9.17) is 9.47 Å². The molecule has 6 nitrogen and oxygen atoms in total. The highest BCUT2D eigenvalue weighted by molar-refractivity contribution is 5.96. The number of hydrogen-bond donors (Lipinski definition) is 0. The molecule has 2 aromatic rings. The Hall–Kier alpha value is -2.73.